The molecule has 2 heteroatoms. The predicted molar refractivity (Wildman–Crippen MR) is 67.6 cm³/mol. The summed E-state index contributed by atoms with van der Waals surface area (Å²) in [5.74, 6) is 0.381. The Labute approximate surface area is 97.9 Å². The van der Waals surface area contributed by atoms with Crippen LogP contribution < -0.4 is 5.73 Å². The summed E-state index contributed by atoms with van der Waals surface area (Å²) in [5.41, 5.74) is 7.50. The highest BCUT2D eigenvalue weighted by Gasteiger charge is 2.13. The van der Waals surface area contributed by atoms with Gasteiger partial charge in [0.05, 0.1) is 0 Å². The maximum Gasteiger partial charge on any atom is 0.165 e. The number of carbonyl (C=O) groups excluding carboxylic acids is 1. The van der Waals surface area contributed by atoms with Gasteiger partial charge in [-0.05, 0) is 24.9 Å². The minimum atomic E-state index is 0.130. The first-order valence-electron chi connectivity index (χ1n) is 6.02. The van der Waals surface area contributed by atoms with Crippen LogP contribution in [-0.4, -0.2) is 12.3 Å². The van der Waals surface area contributed by atoms with Crippen LogP contribution in [0.4, 0.5) is 0 Å². The first kappa shape index (κ1) is 12.9. The average molecular weight is 219 g/mol. The Morgan fingerprint density at radius 2 is 1.94 bits per heavy atom. The van der Waals surface area contributed by atoms with Crippen LogP contribution in [-0.2, 0) is 6.42 Å². The molecule has 0 aromatic heterocycles. The zero-order valence-electron chi connectivity index (χ0n) is 10.2. The zero-order valence-corrected chi connectivity index (χ0v) is 10.2. The molecule has 16 heavy (non-hydrogen) atoms. The van der Waals surface area contributed by atoms with Crippen molar-refractivity contribution in [1.82, 2.24) is 0 Å². The van der Waals surface area contributed by atoms with Crippen LogP contribution in [0, 0.1) is 5.92 Å². The van der Waals surface area contributed by atoms with Crippen molar-refractivity contribution in [1.29, 1.82) is 0 Å². The van der Waals surface area contributed by atoms with Gasteiger partial charge in [-0.15, -0.1) is 0 Å². The van der Waals surface area contributed by atoms with Crippen molar-refractivity contribution in [2.75, 3.05) is 6.54 Å². The third-order valence-corrected chi connectivity index (χ3v) is 2.84. The molecule has 0 aliphatic rings. The molecular formula is C14H21NO. The molecule has 0 fully saturated rings. The summed E-state index contributed by atoms with van der Waals surface area (Å²) < 4.78 is 0. The first-order chi connectivity index (χ1) is 7.69. The zero-order chi connectivity index (χ0) is 12.0. The molecule has 2 N–H and O–H groups in total. The van der Waals surface area contributed by atoms with E-state index in [-0.39, 0.29) is 11.7 Å². The largest absolute Gasteiger partial charge is 0.330 e. The normalized spacial score (nSPS) is 12.4. The van der Waals surface area contributed by atoms with Gasteiger partial charge in [-0.25, -0.2) is 0 Å². The lowest BCUT2D eigenvalue weighted by atomic mass is 9.94. The Kier molecular flexibility index (Phi) is 5.20. The second-order valence-corrected chi connectivity index (χ2v) is 4.29. The molecule has 0 aliphatic heterocycles. The van der Waals surface area contributed by atoms with Gasteiger partial charge in [0.25, 0.3) is 0 Å². The van der Waals surface area contributed by atoms with Crippen LogP contribution in [0.3, 0.4) is 0 Å². The summed E-state index contributed by atoms with van der Waals surface area (Å²) in [6, 6.07) is 7.83. The highest BCUT2D eigenvalue weighted by Crippen LogP contribution is 2.14. The molecule has 88 valence electrons. The number of benzene rings is 1. The molecule has 0 spiro atoms. The van der Waals surface area contributed by atoms with Crippen molar-refractivity contribution in [3.63, 3.8) is 0 Å². The molecule has 0 saturated carbocycles. The summed E-state index contributed by atoms with van der Waals surface area (Å²) >= 11 is 0. The molecule has 0 amide bonds. The van der Waals surface area contributed by atoms with Gasteiger partial charge in [-0.3, -0.25) is 4.79 Å². The summed E-state index contributed by atoms with van der Waals surface area (Å²) in [4.78, 5) is 12.0. The van der Waals surface area contributed by atoms with Crippen molar-refractivity contribution < 1.29 is 4.79 Å². The summed E-state index contributed by atoms with van der Waals surface area (Å²) in [6.45, 7) is 4.76. The van der Waals surface area contributed by atoms with Crippen molar-refractivity contribution >= 4 is 5.78 Å². The smallest absolute Gasteiger partial charge is 0.165 e. The maximum absolute atomic E-state index is 12.0. The highest BCUT2D eigenvalue weighted by atomic mass is 16.1. The van der Waals surface area contributed by atoms with Crippen LogP contribution in [0.15, 0.2) is 24.3 Å². The molecular weight excluding hydrogens is 198 g/mol. The molecule has 2 nitrogen and oxygen atoms in total. The van der Waals surface area contributed by atoms with E-state index >= 15 is 0 Å². The van der Waals surface area contributed by atoms with Crippen molar-refractivity contribution in [3.8, 4) is 0 Å². The van der Waals surface area contributed by atoms with Crippen LogP contribution in [0.2, 0.25) is 0 Å². The van der Waals surface area contributed by atoms with E-state index in [4.69, 9.17) is 5.73 Å². The minimum Gasteiger partial charge on any atom is -0.330 e. The van der Waals surface area contributed by atoms with Crippen molar-refractivity contribution in [2.45, 2.75) is 33.1 Å². The maximum atomic E-state index is 12.0. The number of rotatable bonds is 6. The lowest BCUT2D eigenvalue weighted by Gasteiger charge is -2.09. The fourth-order valence-electron chi connectivity index (χ4n) is 1.85. The van der Waals surface area contributed by atoms with Gasteiger partial charge >= 0.3 is 0 Å². The van der Waals surface area contributed by atoms with Crippen molar-refractivity contribution in [3.05, 3.63) is 35.4 Å². The Hall–Kier alpha value is -1.15. The second-order valence-electron chi connectivity index (χ2n) is 4.29. The van der Waals surface area contributed by atoms with Gasteiger partial charge in [-0.2, -0.15) is 0 Å². The van der Waals surface area contributed by atoms with E-state index in [0.29, 0.717) is 6.54 Å². The van der Waals surface area contributed by atoms with Gasteiger partial charge in [0, 0.05) is 11.5 Å². The Morgan fingerprint density at radius 3 is 2.44 bits per heavy atom. The van der Waals surface area contributed by atoms with Gasteiger partial charge in [0.2, 0.25) is 0 Å². The summed E-state index contributed by atoms with van der Waals surface area (Å²) in [6.07, 6.45) is 2.89. The molecule has 0 aliphatic carbocycles. The number of nitrogens with two attached hydrogens (primary N) is 1. The van der Waals surface area contributed by atoms with Gasteiger partial charge in [-0.1, -0.05) is 44.5 Å². The first-order valence-corrected chi connectivity index (χ1v) is 6.02. The Balaban J connectivity index is 2.69. The lowest BCUT2D eigenvalue weighted by molar-refractivity contribution is 0.0923. The quantitative estimate of drug-likeness (QED) is 0.748. The number of ketones is 1. The Bertz CT molecular complexity index is 329. The summed E-state index contributed by atoms with van der Waals surface area (Å²) in [7, 11) is 0. The number of carbonyl (C=O) groups is 1. The second kappa shape index (κ2) is 6.44. The molecule has 1 aromatic carbocycles. The van der Waals surface area contributed by atoms with E-state index in [1.54, 1.807) is 0 Å². The number of Topliss-reactive ketones (excluding diaryl/α,β-unsaturated/α-hetero) is 1. The van der Waals surface area contributed by atoms with Gasteiger partial charge in [0.15, 0.2) is 5.78 Å². The number of hydrogen-bond donors (Lipinski definition) is 1. The molecule has 0 radical (unpaired) electrons. The third kappa shape index (κ3) is 3.46. The lowest BCUT2D eigenvalue weighted by Crippen LogP contribution is -2.11. The molecule has 0 saturated heterocycles. The monoisotopic (exact) mass is 219 g/mol. The van der Waals surface area contributed by atoms with E-state index < -0.39 is 0 Å². The summed E-state index contributed by atoms with van der Waals surface area (Å²) in [5, 5.41) is 0. The van der Waals surface area contributed by atoms with E-state index in [9.17, 15) is 4.79 Å². The minimum absolute atomic E-state index is 0.130. The molecule has 1 unspecified atom stereocenters. The van der Waals surface area contributed by atoms with E-state index in [1.807, 2.05) is 31.2 Å². The standard InChI is InChI=1S/C14H21NO/c1-3-4-11(2)14(16)13-7-5-12(6-8-13)9-10-15/h5-8,11H,3-4,9-10,15H2,1-2H3. The van der Waals surface area contributed by atoms with Crippen LogP contribution >= 0.6 is 0 Å². The van der Waals surface area contributed by atoms with E-state index in [0.717, 1.165) is 24.8 Å². The van der Waals surface area contributed by atoms with Gasteiger partial charge < -0.3 is 5.73 Å². The molecule has 1 atom stereocenters. The van der Waals surface area contributed by atoms with Crippen LogP contribution in [0.5, 0.6) is 0 Å². The third-order valence-electron chi connectivity index (χ3n) is 2.84. The fraction of sp³-hybridized carbons (Fsp3) is 0.500. The van der Waals surface area contributed by atoms with Crippen LogP contribution in [0.25, 0.3) is 0 Å². The molecule has 1 rings (SSSR count). The fourth-order valence-corrected chi connectivity index (χ4v) is 1.85. The number of hydrogen-bond acceptors (Lipinski definition) is 2. The van der Waals surface area contributed by atoms with E-state index in [1.165, 1.54) is 5.56 Å². The highest BCUT2D eigenvalue weighted by molar-refractivity contribution is 5.97. The molecule has 0 bridgehead atoms. The Morgan fingerprint density at radius 1 is 1.31 bits per heavy atom. The topological polar surface area (TPSA) is 43.1 Å². The molecule has 0 heterocycles. The van der Waals surface area contributed by atoms with Crippen molar-refractivity contribution in [2.24, 2.45) is 11.7 Å². The predicted octanol–water partition coefficient (Wildman–Crippen LogP) is 2.81. The average Bonchev–Trinajstić information content (AvgIpc) is 2.30. The molecule has 1 aromatic rings. The van der Waals surface area contributed by atoms with Gasteiger partial charge in [0.1, 0.15) is 0 Å². The SMILES string of the molecule is CCCC(C)C(=O)c1ccc(CCN)cc1. The van der Waals surface area contributed by atoms with Crippen LogP contribution in [0.1, 0.15) is 42.6 Å². The van der Waals surface area contributed by atoms with E-state index in [2.05, 4.69) is 6.92 Å².